The number of carbonyl (C=O) groups excluding carboxylic acids is 1. The summed E-state index contributed by atoms with van der Waals surface area (Å²) in [6.45, 7) is 5.10. The lowest BCUT2D eigenvalue weighted by Gasteiger charge is -2.09. The molecule has 0 spiro atoms. The van der Waals surface area contributed by atoms with E-state index in [2.05, 4.69) is 9.97 Å². The van der Waals surface area contributed by atoms with Crippen LogP contribution in [0, 0.1) is 6.92 Å². The Balaban J connectivity index is 2.56. The summed E-state index contributed by atoms with van der Waals surface area (Å²) in [4.78, 5) is 30.6. The molecule has 0 unspecified atom stereocenters. The van der Waals surface area contributed by atoms with Gasteiger partial charge in [-0.2, -0.15) is 0 Å². The fraction of sp³-hybridized carbons (Fsp3) is 0.235. The van der Waals surface area contributed by atoms with Crippen molar-refractivity contribution in [2.45, 2.75) is 20.8 Å². The molecule has 0 aliphatic heterocycles. The molecule has 0 atom stereocenters. The van der Waals surface area contributed by atoms with Crippen LogP contribution in [0.15, 0.2) is 40.9 Å². The van der Waals surface area contributed by atoms with Crippen LogP contribution < -0.4 is 5.56 Å². The first-order chi connectivity index (χ1) is 10.9. The number of H-pyrrole nitrogens is 1. The number of hydrogen-bond donors (Lipinski definition) is 2. The maximum absolute atomic E-state index is 12.0. The van der Waals surface area contributed by atoms with E-state index in [1.165, 1.54) is 13.0 Å². The van der Waals surface area contributed by atoms with Gasteiger partial charge >= 0.3 is 5.97 Å². The van der Waals surface area contributed by atoms with E-state index in [1.54, 1.807) is 6.92 Å². The van der Waals surface area contributed by atoms with Gasteiger partial charge in [0.05, 0.1) is 12.3 Å². The van der Waals surface area contributed by atoms with Crippen molar-refractivity contribution in [1.82, 2.24) is 9.97 Å². The summed E-state index contributed by atoms with van der Waals surface area (Å²) in [5.74, 6) is -1.03. The van der Waals surface area contributed by atoms with Gasteiger partial charge < -0.3 is 14.8 Å². The highest BCUT2D eigenvalue weighted by Crippen LogP contribution is 2.20. The molecule has 0 radical (unpaired) electrons. The molecular weight excluding hydrogens is 296 g/mol. The number of benzene rings is 1. The quantitative estimate of drug-likeness (QED) is 0.514. The van der Waals surface area contributed by atoms with Crippen molar-refractivity contribution >= 4 is 11.5 Å². The molecule has 1 heterocycles. The van der Waals surface area contributed by atoms with Gasteiger partial charge in [-0.15, -0.1) is 0 Å². The van der Waals surface area contributed by atoms with E-state index >= 15 is 0 Å². The number of aromatic nitrogens is 2. The van der Waals surface area contributed by atoms with Crippen molar-refractivity contribution in [3.8, 4) is 11.3 Å². The highest BCUT2D eigenvalue weighted by atomic mass is 16.5. The van der Waals surface area contributed by atoms with Crippen molar-refractivity contribution in [1.29, 1.82) is 0 Å². The van der Waals surface area contributed by atoms with Gasteiger partial charge in [0.1, 0.15) is 11.3 Å². The van der Waals surface area contributed by atoms with E-state index < -0.39 is 11.5 Å². The molecule has 2 aromatic rings. The van der Waals surface area contributed by atoms with Gasteiger partial charge in [-0.3, -0.25) is 4.79 Å². The minimum atomic E-state index is -0.739. The van der Waals surface area contributed by atoms with E-state index in [0.717, 1.165) is 11.1 Å². The topological polar surface area (TPSA) is 92.3 Å². The van der Waals surface area contributed by atoms with Crippen LogP contribution in [-0.4, -0.2) is 27.7 Å². The summed E-state index contributed by atoms with van der Waals surface area (Å²) in [6.07, 6.45) is 0. The number of aliphatic hydroxyl groups is 1. The molecule has 0 aliphatic rings. The van der Waals surface area contributed by atoms with Crippen LogP contribution in [0.5, 0.6) is 0 Å². The Bertz CT molecular complexity index is 800. The molecule has 1 aromatic heterocycles. The molecular formula is C17H18N2O4. The number of aryl methyl sites for hydroxylation is 1. The third-order valence-corrected chi connectivity index (χ3v) is 3.17. The maximum atomic E-state index is 12.0. The highest BCUT2D eigenvalue weighted by Gasteiger charge is 2.20. The lowest BCUT2D eigenvalue weighted by molar-refractivity contribution is -0.136. The Morgan fingerprint density at radius 2 is 1.96 bits per heavy atom. The molecule has 0 bridgehead atoms. The molecule has 2 N–H and O–H groups in total. The normalized spacial score (nSPS) is 11.8. The van der Waals surface area contributed by atoms with Crippen LogP contribution in [-0.2, 0) is 9.53 Å². The van der Waals surface area contributed by atoms with E-state index in [1.807, 2.05) is 31.2 Å². The SMILES string of the molecule is CCOC(=O)/C(=C(/C)O)c1nc(-c2ccc(C)cc2)cc(=O)[nH]1. The molecule has 6 heteroatoms. The Morgan fingerprint density at radius 1 is 1.30 bits per heavy atom. The van der Waals surface area contributed by atoms with Crippen LogP contribution in [0.4, 0.5) is 0 Å². The Labute approximate surface area is 133 Å². The standard InChI is InChI=1S/C17H18N2O4/c1-4-23-17(22)15(11(3)20)16-18-13(9-14(21)19-16)12-7-5-10(2)6-8-12/h5-9,20H,4H2,1-3H3,(H,18,19,21)/b15-11-. The summed E-state index contributed by atoms with van der Waals surface area (Å²) in [5, 5.41) is 9.77. The first-order valence-corrected chi connectivity index (χ1v) is 7.18. The number of ether oxygens (including phenoxy) is 1. The van der Waals surface area contributed by atoms with Crippen LogP contribution in [0.2, 0.25) is 0 Å². The summed E-state index contributed by atoms with van der Waals surface area (Å²) >= 11 is 0. The van der Waals surface area contributed by atoms with E-state index in [4.69, 9.17) is 4.74 Å². The predicted octanol–water partition coefficient (Wildman–Crippen LogP) is 2.60. The molecule has 6 nitrogen and oxygen atoms in total. The minimum Gasteiger partial charge on any atom is -0.512 e. The first-order valence-electron chi connectivity index (χ1n) is 7.18. The van der Waals surface area contributed by atoms with Crippen molar-refractivity contribution in [2.75, 3.05) is 6.61 Å². The zero-order valence-corrected chi connectivity index (χ0v) is 13.2. The second-order valence-corrected chi connectivity index (χ2v) is 5.03. The second kappa shape index (κ2) is 6.91. The average molecular weight is 314 g/mol. The van der Waals surface area contributed by atoms with Gasteiger partial charge in [0.25, 0.3) is 5.56 Å². The fourth-order valence-corrected chi connectivity index (χ4v) is 2.07. The number of aliphatic hydroxyl groups excluding tert-OH is 1. The molecule has 2 rings (SSSR count). The van der Waals surface area contributed by atoms with Gasteiger partial charge in [0, 0.05) is 11.6 Å². The number of esters is 1. The minimum absolute atomic E-state index is 0.0217. The maximum Gasteiger partial charge on any atom is 0.345 e. The summed E-state index contributed by atoms with van der Waals surface area (Å²) < 4.78 is 4.90. The predicted molar refractivity (Wildman–Crippen MR) is 86.9 cm³/mol. The van der Waals surface area contributed by atoms with Crippen LogP contribution in [0.1, 0.15) is 25.2 Å². The number of allylic oxidation sites excluding steroid dienone is 1. The van der Waals surface area contributed by atoms with Gasteiger partial charge in [-0.25, -0.2) is 9.78 Å². The molecule has 120 valence electrons. The lowest BCUT2D eigenvalue weighted by atomic mass is 10.1. The zero-order chi connectivity index (χ0) is 17.0. The van der Waals surface area contributed by atoms with E-state index in [0.29, 0.717) is 5.69 Å². The zero-order valence-electron chi connectivity index (χ0n) is 13.2. The molecule has 0 amide bonds. The Kier molecular flexibility index (Phi) is 4.95. The highest BCUT2D eigenvalue weighted by molar-refractivity contribution is 6.15. The number of rotatable bonds is 4. The van der Waals surface area contributed by atoms with Gasteiger partial charge in [0.2, 0.25) is 0 Å². The number of hydrogen-bond acceptors (Lipinski definition) is 5. The summed E-state index contributed by atoms with van der Waals surface area (Å²) in [6, 6.07) is 8.80. The van der Waals surface area contributed by atoms with Gasteiger partial charge in [0.15, 0.2) is 5.82 Å². The van der Waals surface area contributed by atoms with Crippen LogP contribution >= 0.6 is 0 Å². The van der Waals surface area contributed by atoms with Gasteiger partial charge in [-0.1, -0.05) is 29.8 Å². The Hall–Kier alpha value is -2.89. The van der Waals surface area contributed by atoms with Crippen molar-refractivity contribution in [3.63, 3.8) is 0 Å². The lowest BCUT2D eigenvalue weighted by Crippen LogP contribution is -2.17. The molecule has 23 heavy (non-hydrogen) atoms. The monoisotopic (exact) mass is 314 g/mol. The van der Waals surface area contributed by atoms with E-state index in [-0.39, 0.29) is 23.8 Å². The molecule has 0 aliphatic carbocycles. The largest absolute Gasteiger partial charge is 0.512 e. The number of carbonyl (C=O) groups is 1. The molecule has 0 saturated heterocycles. The third kappa shape index (κ3) is 3.85. The first kappa shape index (κ1) is 16.5. The average Bonchev–Trinajstić information content (AvgIpc) is 2.47. The molecule has 1 aromatic carbocycles. The fourth-order valence-electron chi connectivity index (χ4n) is 2.07. The Morgan fingerprint density at radius 3 is 2.52 bits per heavy atom. The number of nitrogens with zero attached hydrogens (tertiary/aromatic N) is 1. The number of nitrogens with one attached hydrogen (secondary N) is 1. The van der Waals surface area contributed by atoms with E-state index in [9.17, 15) is 14.7 Å². The van der Waals surface area contributed by atoms with Gasteiger partial charge in [-0.05, 0) is 20.8 Å². The van der Waals surface area contributed by atoms with Crippen molar-refractivity contribution in [2.24, 2.45) is 0 Å². The van der Waals surface area contributed by atoms with Crippen molar-refractivity contribution < 1.29 is 14.6 Å². The third-order valence-electron chi connectivity index (χ3n) is 3.17. The summed E-state index contributed by atoms with van der Waals surface area (Å²) in [7, 11) is 0. The number of aromatic amines is 1. The molecule has 0 saturated carbocycles. The van der Waals surface area contributed by atoms with Crippen molar-refractivity contribution in [3.05, 3.63) is 57.8 Å². The van der Waals surface area contributed by atoms with Crippen LogP contribution in [0.25, 0.3) is 16.8 Å². The summed E-state index contributed by atoms with van der Waals surface area (Å²) in [5.41, 5.74) is 1.65. The molecule has 0 fully saturated rings. The smallest absolute Gasteiger partial charge is 0.345 e. The van der Waals surface area contributed by atoms with Crippen LogP contribution in [0.3, 0.4) is 0 Å². The second-order valence-electron chi connectivity index (χ2n) is 5.03.